The Balaban J connectivity index is 2.10. The Bertz CT molecular complexity index is 653. The second-order valence-electron chi connectivity index (χ2n) is 4.39. The van der Waals surface area contributed by atoms with Crippen LogP contribution in [0.15, 0.2) is 48.5 Å². The van der Waals surface area contributed by atoms with Crippen molar-refractivity contribution in [3.8, 4) is 0 Å². The van der Waals surface area contributed by atoms with Crippen molar-refractivity contribution in [1.29, 1.82) is 0 Å². The van der Waals surface area contributed by atoms with Gasteiger partial charge in [-0.1, -0.05) is 12.1 Å². The van der Waals surface area contributed by atoms with Crippen LogP contribution in [0, 0.1) is 10.1 Å². The van der Waals surface area contributed by atoms with Crippen LogP contribution >= 0.6 is 0 Å². The van der Waals surface area contributed by atoms with Gasteiger partial charge < -0.3 is 10.1 Å². The number of hydrogen-bond donors (Lipinski definition) is 1. The second kappa shape index (κ2) is 6.62. The molecule has 2 rings (SSSR count). The molecule has 2 aromatic carbocycles. The monoisotopic (exact) mass is 286 g/mol. The first-order chi connectivity index (χ1) is 10.1. The first kappa shape index (κ1) is 14.7. The Morgan fingerprint density at radius 2 is 1.95 bits per heavy atom. The van der Waals surface area contributed by atoms with Gasteiger partial charge in [-0.2, -0.15) is 0 Å². The van der Waals surface area contributed by atoms with Crippen molar-refractivity contribution < 1.29 is 14.5 Å². The number of nitro benzene ring substituents is 1. The van der Waals surface area contributed by atoms with E-state index in [-0.39, 0.29) is 11.6 Å². The zero-order chi connectivity index (χ0) is 15.2. The standard InChI is InChI=1S/C15H14N2O4/c1-21-10-11-3-2-4-13(9-11)16-15(18)12-5-7-14(8-6-12)17(19)20/h2-9H,10H2,1H3,(H,16,18). The highest BCUT2D eigenvalue weighted by atomic mass is 16.6. The van der Waals surface area contributed by atoms with Crippen LogP contribution in [0.25, 0.3) is 0 Å². The van der Waals surface area contributed by atoms with Crippen molar-refractivity contribution in [1.82, 2.24) is 0 Å². The first-order valence-corrected chi connectivity index (χ1v) is 6.24. The number of benzene rings is 2. The average molecular weight is 286 g/mol. The quantitative estimate of drug-likeness (QED) is 0.676. The van der Waals surface area contributed by atoms with Gasteiger partial charge in [-0.05, 0) is 29.8 Å². The maximum atomic E-state index is 12.1. The van der Waals surface area contributed by atoms with E-state index in [9.17, 15) is 14.9 Å². The number of nitrogens with one attached hydrogen (secondary N) is 1. The smallest absolute Gasteiger partial charge is 0.269 e. The Morgan fingerprint density at radius 3 is 2.57 bits per heavy atom. The molecule has 0 aliphatic rings. The largest absolute Gasteiger partial charge is 0.380 e. The molecule has 0 radical (unpaired) electrons. The van der Waals surface area contributed by atoms with Crippen LogP contribution < -0.4 is 5.32 Å². The van der Waals surface area contributed by atoms with Crippen molar-refractivity contribution in [2.75, 3.05) is 12.4 Å². The summed E-state index contributed by atoms with van der Waals surface area (Å²) in [5, 5.41) is 13.3. The molecule has 0 aromatic heterocycles. The number of ether oxygens (including phenoxy) is 1. The maximum Gasteiger partial charge on any atom is 0.269 e. The third-order valence-electron chi connectivity index (χ3n) is 2.84. The van der Waals surface area contributed by atoms with Gasteiger partial charge in [0.25, 0.3) is 11.6 Å². The number of non-ortho nitro benzene ring substituents is 1. The van der Waals surface area contributed by atoms with Crippen LogP contribution in [-0.4, -0.2) is 17.9 Å². The number of hydrogen-bond acceptors (Lipinski definition) is 4. The molecule has 0 fully saturated rings. The molecule has 1 N–H and O–H groups in total. The number of rotatable bonds is 5. The minimum absolute atomic E-state index is 0.0476. The van der Waals surface area contributed by atoms with Crippen molar-refractivity contribution in [2.24, 2.45) is 0 Å². The van der Waals surface area contributed by atoms with E-state index in [2.05, 4.69) is 5.32 Å². The van der Waals surface area contributed by atoms with E-state index in [1.54, 1.807) is 13.2 Å². The van der Waals surface area contributed by atoms with Gasteiger partial charge in [0.05, 0.1) is 11.5 Å². The number of amides is 1. The summed E-state index contributed by atoms with van der Waals surface area (Å²) in [4.78, 5) is 22.1. The molecule has 108 valence electrons. The zero-order valence-corrected chi connectivity index (χ0v) is 11.4. The zero-order valence-electron chi connectivity index (χ0n) is 11.4. The molecule has 0 saturated carbocycles. The molecule has 0 aliphatic heterocycles. The topological polar surface area (TPSA) is 81.5 Å². The first-order valence-electron chi connectivity index (χ1n) is 6.24. The number of carbonyl (C=O) groups is 1. The van der Waals surface area contributed by atoms with Crippen LogP contribution in [0.2, 0.25) is 0 Å². The lowest BCUT2D eigenvalue weighted by Gasteiger charge is -2.07. The third kappa shape index (κ3) is 3.87. The summed E-state index contributed by atoms with van der Waals surface area (Å²) in [5.41, 5.74) is 1.90. The van der Waals surface area contributed by atoms with Gasteiger partial charge in [-0.15, -0.1) is 0 Å². The number of nitro groups is 1. The van der Waals surface area contributed by atoms with E-state index < -0.39 is 4.92 Å². The fraction of sp³-hybridized carbons (Fsp3) is 0.133. The van der Waals surface area contributed by atoms with Gasteiger partial charge in [-0.25, -0.2) is 0 Å². The van der Waals surface area contributed by atoms with E-state index in [1.165, 1.54) is 24.3 Å². The third-order valence-corrected chi connectivity index (χ3v) is 2.84. The molecule has 1 amide bonds. The van der Waals surface area contributed by atoms with Crippen LogP contribution in [0.5, 0.6) is 0 Å². The fourth-order valence-corrected chi connectivity index (χ4v) is 1.84. The number of methoxy groups -OCH3 is 1. The molecule has 0 unspecified atom stereocenters. The van der Waals surface area contributed by atoms with Crippen molar-refractivity contribution >= 4 is 17.3 Å². The lowest BCUT2D eigenvalue weighted by Crippen LogP contribution is -2.12. The van der Waals surface area contributed by atoms with Crippen molar-refractivity contribution in [3.63, 3.8) is 0 Å². The highest BCUT2D eigenvalue weighted by molar-refractivity contribution is 6.04. The predicted octanol–water partition coefficient (Wildman–Crippen LogP) is 2.99. The second-order valence-corrected chi connectivity index (χ2v) is 4.39. The van der Waals surface area contributed by atoms with Gasteiger partial charge in [0.2, 0.25) is 0 Å². The van der Waals surface area contributed by atoms with E-state index in [1.807, 2.05) is 18.2 Å². The summed E-state index contributed by atoms with van der Waals surface area (Å²) in [7, 11) is 1.60. The number of nitrogens with zero attached hydrogens (tertiary/aromatic N) is 1. The minimum Gasteiger partial charge on any atom is -0.380 e. The molecule has 2 aromatic rings. The van der Waals surface area contributed by atoms with Crippen LogP contribution in [0.3, 0.4) is 0 Å². The molecule has 6 heteroatoms. The fourth-order valence-electron chi connectivity index (χ4n) is 1.84. The Kier molecular flexibility index (Phi) is 4.63. The summed E-state index contributed by atoms with van der Waals surface area (Å²) in [6.07, 6.45) is 0. The average Bonchev–Trinajstić information content (AvgIpc) is 2.48. The van der Waals surface area contributed by atoms with Gasteiger partial charge >= 0.3 is 0 Å². The highest BCUT2D eigenvalue weighted by Gasteiger charge is 2.09. The van der Waals surface area contributed by atoms with E-state index in [0.29, 0.717) is 17.9 Å². The Hall–Kier alpha value is -2.73. The van der Waals surface area contributed by atoms with Crippen LogP contribution in [0.1, 0.15) is 15.9 Å². The molecule has 0 heterocycles. The molecule has 0 spiro atoms. The normalized spacial score (nSPS) is 10.1. The van der Waals surface area contributed by atoms with Gasteiger partial charge in [-0.3, -0.25) is 14.9 Å². The van der Waals surface area contributed by atoms with Gasteiger partial charge in [0.1, 0.15) is 0 Å². The Morgan fingerprint density at radius 1 is 1.24 bits per heavy atom. The number of anilines is 1. The number of carbonyl (C=O) groups excluding carboxylic acids is 1. The minimum atomic E-state index is -0.504. The van der Waals surface area contributed by atoms with E-state index in [0.717, 1.165) is 5.56 Å². The molecular formula is C15H14N2O4. The lowest BCUT2D eigenvalue weighted by atomic mass is 10.1. The molecule has 0 atom stereocenters. The van der Waals surface area contributed by atoms with Crippen LogP contribution in [-0.2, 0) is 11.3 Å². The SMILES string of the molecule is COCc1cccc(NC(=O)c2ccc([N+](=O)[O-])cc2)c1. The summed E-state index contributed by atoms with van der Waals surface area (Å²) >= 11 is 0. The molecule has 6 nitrogen and oxygen atoms in total. The molecule has 0 aliphatic carbocycles. The molecular weight excluding hydrogens is 272 g/mol. The van der Waals surface area contributed by atoms with Crippen molar-refractivity contribution in [2.45, 2.75) is 6.61 Å². The Labute approximate surface area is 121 Å². The summed E-state index contributed by atoms with van der Waals surface area (Å²) < 4.78 is 5.03. The van der Waals surface area contributed by atoms with E-state index >= 15 is 0 Å². The van der Waals surface area contributed by atoms with Gasteiger partial charge in [0.15, 0.2) is 0 Å². The summed E-state index contributed by atoms with van der Waals surface area (Å²) in [6.45, 7) is 0.460. The van der Waals surface area contributed by atoms with Crippen LogP contribution in [0.4, 0.5) is 11.4 Å². The van der Waals surface area contributed by atoms with E-state index in [4.69, 9.17) is 4.74 Å². The summed E-state index contributed by atoms with van der Waals surface area (Å²) in [6, 6.07) is 12.7. The molecule has 0 saturated heterocycles. The molecule has 21 heavy (non-hydrogen) atoms. The van der Waals surface area contributed by atoms with Gasteiger partial charge in [0, 0.05) is 30.5 Å². The maximum absolute atomic E-state index is 12.1. The predicted molar refractivity (Wildman–Crippen MR) is 78.2 cm³/mol. The highest BCUT2D eigenvalue weighted by Crippen LogP contribution is 2.15. The lowest BCUT2D eigenvalue weighted by molar-refractivity contribution is -0.384. The summed E-state index contributed by atoms with van der Waals surface area (Å²) in [5.74, 6) is -0.320. The molecule has 0 bridgehead atoms. The van der Waals surface area contributed by atoms with Crippen molar-refractivity contribution in [3.05, 3.63) is 69.8 Å².